The van der Waals surface area contributed by atoms with Gasteiger partial charge >= 0.3 is 0 Å². The molecule has 0 radical (unpaired) electrons. The average molecular weight is 467 g/mol. The smallest absolute Gasteiger partial charge is 0.252 e. The van der Waals surface area contributed by atoms with Crippen LogP contribution in [0.4, 0.5) is 5.13 Å². The molecule has 0 N–H and O–H groups in total. The number of aromatic nitrogens is 1. The second-order valence-corrected chi connectivity index (χ2v) is 8.07. The van der Waals surface area contributed by atoms with E-state index in [1.807, 2.05) is 68.7 Å². The number of rotatable bonds is 6. The van der Waals surface area contributed by atoms with E-state index in [-0.39, 0.29) is 18.3 Å². The van der Waals surface area contributed by atoms with Crippen molar-refractivity contribution in [2.24, 2.45) is 0 Å². The molecule has 3 rings (SSSR count). The normalized spacial score (nSPS) is 11.1. The maximum Gasteiger partial charge on any atom is 0.252 e. The van der Waals surface area contributed by atoms with Crippen LogP contribution in [0.5, 0.6) is 0 Å². The van der Waals surface area contributed by atoms with Gasteiger partial charge in [-0.05, 0) is 43.9 Å². The zero-order chi connectivity index (χ0) is 18.5. The number of fused-ring (bicyclic) bond motifs is 1. The number of nitrogens with zero attached hydrogens (tertiary/aromatic N) is 3. The number of likely N-dealkylation sites (N-methyl/N-ethyl adjacent to an activating group) is 1. The van der Waals surface area contributed by atoms with E-state index in [4.69, 9.17) is 0 Å². The van der Waals surface area contributed by atoms with E-state index in [2.05, 4.69) is 25.8 Å². The van der Waals surface area contributed by atoms with E-state index < -0.39 is 0 Å². The summed E-state index contributed by atoms with van der Waals surface area (Å²) in [5, 5.41) is 0.725. The molecule has 142 valence electrons. The van der Waals surface area contributed by atoms with Crippen molar-refractivity contribution in [3.8, 4) is 0 Å². The summed E-state index contributed by atoms with van der Waals surface area (Å²) in [7, 11) is 4.00. The third-order valence-electron chi connectivity index (χ3n) is 3.82. The van der Waals surface area contributed by atoms with E-state index in [0.717, 1.165) is 31.9 Å². The highest BCUT2D eigenvalue weighted by atomic mass is 79.9. The van der Waals surface area contributed by atoms with Crippen LogP contribution in [0.25, 0.3) is 16.3 Å². The largest absolute Gasteiger partial charge is 0.308 e. The Morgan fingerprint density at radius 3 is 2.59 bits per heavy atom. The predicted octanol–water partition coefficient (Wildman–Crippen LogP) is 5.09. The SMILES string of the molecule is CN(C)CCN(C(=O)C=Cc1ccccc1)c1nc2ccc(Br)cc2s1.Cl. The van der Waals surface area contributed by atoms with Gasteiger partial charge in [0, 0.05) is 23.6 Å². The first-order valence-corrected chi connectivity index (χ1v) is 9.89. The zero-order valence-corrected chi connectivity index (χ0v) is 18.4. The standard InChI is InChI=1S/C20H20BrN3OS.ClH/c1-23(2)12-13-24(19(25)11-8-15-6-4-3-5-7-15)20-22-17-10-9-16(21)14-18(17)26-20;/h3-11,14H,12-13H2,1-2H3;1H. The number of hydrogen-bond acceptors (Lipinski definition) is 4. The minimum absolute atomic E-state index is 0. The minimum atomic E-state index is -0.0613. The lowest BCUT2D eigenvalue weighted by Gasteiger charge is -2.20. The van der Waals surface area contributed by atoms with Crippen LogP contribution in [-0.4, -0.2) is 43.0 Å². The molecule has 0 aliphatic heterocycles. The molecule has 4 nitrogen and oxygen atoms in total. The molecule has 7 heteroatoms. The molecule has 0 saturated heterocycles. The molecule has 0 spiro atoms. The van der Waals surface area contributed by atoms with Crippen LogP contribution in [-0.2, 0) is 4.79 Å². The molecule has 2 aromatic carbocycles. The van der Waals surface area contributed by atoms with Crippen LogP contribution in [0.15, 0.2) is 59.1 Å². The molecule has 3 aromatic rings. The second-order valence-electron chi connectivity index (χ2n) is 6.15. The molecular weight excluding hydrogens is 446 g/mol. The van der Waals surface area contributed by atoms with Crippen molar-refractivity contribution < 1.29 is 4.79 Å². The first-order valence-electron chi connectivity index (χ1n) is 8.28. The average Bonchev–Trinajstić information content (AvgIpc) is 3.03. The summed E-state index contributed by atoms with van der Waals surface area (Å²) in [5.74, 6) is -0.0613. The summed E-state index contributed by atoms with van der Waals surface area (Å²) in [6.07, 6.45) is 3.46. The van der Waals surface area contributed by atoms with Gasteiger partial charge in [-0.1, -0.05) is 57.6 Å². The molecule has 0 saturated carbocycles. The number of amides is 1. The van der Waals surface area contributed by atoms with E-state index >= 15 is 0 Å². The minimum Gasteiger partial charge on any atom is -0.308 e. The highest BCUT2D eigenvalue weighted by Crippen LogP contribution is 2.31. The number of hydrogen-bond donors (Lipinski definition) is 0. The molecule has 0 aliphatic rings. The number of carbonyl (C=O) groups is 1. The summed E-state index contributed by atoms with van der Waals surface area (Å²) >= 11 is 5.02. The van der Waals surface area contributed by atoms with Crippen LogP contribution in [0, 0.1) is 0 Å². The van der Waals surface area contributed by atoms with Crippen molar-refractivity contribution in [1.29, 1.82) is 0 Å². The number of carbonyl (C=O) groups excluding carboxylic acids is 1. The molecule has 1 heterocycles. The van der Waals surface area contributed by atoms with Crippen LogP contribution in [0.2, 0.25) is 0 Å². The zero-order valence-electron chi connectivity index (χ0n) is 15.1. The summed E-state index contributed by atoms with van der Waals surface area (Å²) in [6.45, 7) is 1.36. The Morgan fingerprint density at radius 2 is 1.89 bits per heavy atom. The molecule has 0 atom stereocenters. The van der Waals surface area contributed by atoms with Crippen molar-refractivity contribution >= 4 is 67.0 Å². The maximum atomic E-state index is 12.9. The highest BCUT2D eigenvalue weighted by molar-refractivity contribution is 9.10. The summed E-state index contributed by atoms with van der Waals surface area (Å²) in [6, 6.07) is 15.8. The third-order valence-corrected chi connectivity index (χ3v) is 5.36. The van der Waals surface area contributed by atoms with Gasteiger partial charge in [0.25, 0.3) is 5.91 Å². The van der Waals surface area contributed by atoms with Gasteiger partial charge in [-0.25, -0.2) is 4.98 Å². The fourth-order valence-corrected chi connectivity index (χ4v) is 3.97. The lowest BCUT2D eigenvalue weighted by Crippen LogP contribution is -2.35. The number of halogens is 2. The van der Waals surface area contributed by atoms with Crippen molar-refractivity contribution in [2.45, 2.75) is 0 Å². The summed E-state index contributed by atoms with van der Waals surface area (Å²) < 4.78 is 2.07. The van der Waals surface area contributed by atoms with Crippen LogP contribution in [0.3, 0.4) is 0 Å². The van der Waals surface area contributed by atoms with Gasteiger partial charge in [-0.2, -0.15) is 0 Å². The van der Waals surface area contributed by atoms with Gasteiger partial charge in [0.15, 0.2) is 5.13 Å². The Bertz CT molecular complexity index is 927. The predicted molar refractivity (Wildman–Crippen MR) is 121 cm³/mol. The molecule has 1 amide bonds. The van der Waals surface area contributed by atoms with Crippen molar-refractivity contribution in [1.82, 2.24) is 9.88 Å². The Labute approximate surface area is 178 Å². The van der Waals surface area contributed by atoms with Gasteiger partial charge in [-0.15, -0.1) is 12.4 Å². The Hall–Kier alpha value is -1.73. The molecular formula is C20H21BrClN3OS. The molecule has 0 bridgehead atoms. The van der Waals surface area contributed by atoms with Gasteiger partial charge < -0.3 is 4.90 Å². The monoisotopic (exact) mass is 465 g/mol. The topological polar surface area (TPSA) is 36.4 Å². The lowest BCUT2D eigenvalue weighted by molar-refractivity contribution is -0.114. The highest BCUT2D eigenvalue weighted by Gasteiger charge is 2.18. The first-order chi connectivity index (χ1) is 12.5. The van der Waals surface area contributed by atoms with Gasteiger partial charge in [0.1, 0.15) is 0 Å². The number of anilines is 1. The molecule has 1 aromatic heterocycles. The van der Waals surface area contributed by atoms with E-state index in [1.165, 1.54) is 11.3 Å². The third kappa shape index (κ3) is 5.87. The van der Waals surface area contributed by atoms with E-state index in [1.54, 1.807) is 11.0 Å². The summed E-state index contributed by atoms with van der Waals surface area (Å²) in [5.41, 5.74) is 1.91. The molecule has 27 heavy (non-hydrogen) atoms. The Balaban J connectivity index is 0.00000261. The quantitative estimate of drug-likeness (QED) is 0.475. The van der Waals surface area contributed by atoms with Crippen LogP contribution < -0.4 is 4.90 Å². The summed E-state index contributed by atoms with van der Waals surface area (Å²) in [4.78, 5) is 21.3. The Kier molecular flexibility index (Phi) is 7.98. The van der Waals surface area contributed by atoms with Crippen molar-refractivity contribution in [2.75, 3.05) is 32.1 Å². The van der Waals surface area contributed by atoms with Crippen molar-refractivity contribution in [3.05, 3.63) is 64.6 Å². The number of benzene rings is 2. The Morgan fingerprint density at radius 1 is 1.15 bits per heavy atom. The van der Waals surface area contributed by atoms with E-state index in [9.17, 15) is 4.79 Å². The number of thiazole rings is 1. The fourth-order valence-electron chi connectivity index (χ4n) is 2.42. The van der Waals surface area contributed by atoms with E-state index in [0.29, 0.717) is 6.54 Å². The first kappa shape index (κ1) is 21.6. The molecule has 0 fully saturated rings. The lowest BCUT2D eigenvalue weighted by atomic mass is 10.2. The van der Waals surface area contributed by atoms with Gasteiger partial charge in [-0.3, -0.25) is 9.69 Å². The molecule has 0 aliphatic carbocycles. The van der Waals surface area contributed by atoms with Gasteiger partial charge in [0.2, 0.25) is 0 Å². The van der Waals surface area contributed by atoms with Crippen molar-refractivity contribution in [3.63, 3.8) is 0 Å². The van der Waals surface area contributed by atoms with Crippen LogP contribution in [0.1, 0.15) is 5.56 Å². The fraction of sp³-hybridized carbons (Fsp3) is 0.200. The second kappa shape index (κ2) is 9.99. The maximum absolute atomic E-state index is 12.9. The molecule has 0 unspecified atom stereocenters. The van der Waals surface area contributed by atoms with Gasteiger partial charge in [0.05, 0.1) is 10.2 Å². The van der Waals surface area contributed by atoms with Crippen LogP contribution >= 0.6 is 39.7 Å².